The highest BCUT2D eigenvalue weighted by Gasteiger charge is 2.32. The van der Waals surface area contributed by atoms with Gasteiger partial charge in [0.05, 0.1) is 11.4 Å². The van der Waals surface area contributed by atoms with Gasteiger partial charge in [0, 0.05) is 18.7 Å². The third-order valence-corrected chi connectivity index (χ3v) is 2.54. The van der Waals surface area contributed by atoms with Crippen molar-refractivity contribution in [2.75, 3.05) is 7.05 Å². The number of alkyl halides is 3. The standard InChI is InChI=1S/C9H12F3N3/c1-6-7-3-14(2)4-8(7)15(13-6)5-9(10,11)12/h3-5H2,1-2H3. The van der Waals surface area contributed by atoms with Crippen molar-refractivity contribution >= 4 is 0 Å². The van der Waals surface area contributed by atoms with Gasteiger partial charge in [0.25, 0.3) is 0 Å². The largest absolute Gasteiger partial charge is 0.408 e. The minimum atomic E-state index is -4.20. The van der Waals surface area contributed by atoms with E-state index in [0.717, 1.165) is 10.2 Å². The second kappa shape index (κ2) is 3.23. The molecule has 0 saturated heterocycles. The van der Waals surface area contributed by atoms with Crippen LogP contribution in [0.15, 0.2) is 0 Å². The molecule has 0 spiro atoms. The van der Waals surface area contributed by atoms with Crippen LogP contribution in [0.5, 0.6) is 0 Å². The van der Waals surface area contributed by atoms with Crippen LogP contribution in [-0.4, -0.2) is 27.9 Å². The lowest BCUT2D eigenvalue weighted by molar-refractivity contribution is -0.143. The average molecular weight is 219 g/mol. The number of fused-ring (bicyclic) bond motifs is 1. The summed E-state index contributed by atoms with van der Waals surface area (Å²) < 4.78 is 37.8. The molecule has 0 aromatic carbocycles. The fourth-order valence-electron chi connectivity index (χ4n) is 1.93. The normalized spacial score (nSPS) is 17.1. The smallest absolute Gasteiger partial charge is 0.296 e. The highest BCUT2D eigenvalue weighted by atomic mass is 19.4. The Morgan fingerprint density at radius 2 is 2.00 bits per heavy atom. The molecule has 84 valence electrons. The number of hydrogen-bond donors (Lipinski definition) is 0. The van der Waals surface area contributed by atoms with Crippen LogP contribution < -0.4 is 0 Å². The summed E-state index contributed by atoms with van der Waals surface area (Å²) in [6.07, 6.45) is -4.20. The molecule has 0 aliphatic carbocycles. The average Bonchev–Trinajstić information content (AvgIpc) is 2.52. The Morgan fingerprint density at radius 1 is 1.33 bits per heavy atom. The van der Waals surface area contributed by atoms with E-state index in [9.17, 15) is 13.2 Å². The molecule has 15 heavy (non-hydrogen) atoms. The summed E-state index contributed by atoms with van der Waals surface area (Å²) in [6.45, 7) is 2.01. The Morgan fingerprint density at radius 3 is 2.60 bits per heavy atom. The maximum atomic E-state index is 12.2. The van der Waals surface area contributed by atoms with Crippen molar-refractivity contribution in [1.29, 1.82) is 0 Å². The molecule has 1 aliphatic heterocycles. The number of aryl methyl sites for hydroxylation is 1. The summed E-state index contributed by atoms with van der Waals surface area (Å²) in [5.74, 6) is 0. The van der Waals surface area contributed by atoms with Crippen LogP contribution >= 0.6 is 0 Å². The van der Waals surface area contributed by atoms with Gasteiger partial charge in [0.2, 0.25) is 0 Å². The van der Waals surface area contributed by atoms with Crippen molar-refractivity contribution in [3.05, 3.63) is 17.0 Å². The number of halogens is 3. The summed E-state index contributed by atoms with van der Waals surface area (Å²) in [5, 5.41) is 3.92. The van der Waals surface area contributed by atoms with Crippen LogP contribution in [-0.2, 0) is 19.6 Å². The predicted molar refractivity (Wildman–Crippen MR) is 48.2 cm³/mol. The molecule has 0 N–H and O–H groups in total. The quantitative estimate of drug-likeness (QED) is 0.716. The van der Waals surface area contributed by atoms with Gasteiger partial charge in [0.15, 0.2) is 0 Å². The molecule has 1 aliphatic rings. The molecule has 1 aromatic rings. The zero-order valence-electron chi connectivity index (χ0n) is 8.60. The molecule has 0 fully saturated rings. The van der Waals surface area contributed by atoms with Gasteiger partial charge in [-0.05, 0) is 14.0 Å². The lowest BCUT2D eigenvalue weighted by Gasteiger charge is -2.10. The van der Waals surface area contributed by atoms with Crippen molar-refractivity contribution in [2.24, 2.45) is 0 Å². The summed E-state index contributed by atoms with van der Waals surface area (Å²) in [7, 11) is 1.89. The fraction of sp³-hybridized carbons (Fsp3) is 0.667. The van der Waals surface area contributed by atoms with E-state index in [1.807, 2.05) is 11.9 Å². The highest BCUT2D eigenvalue weighted by molar-refractivity contribution is 5.28. The lowest BCUT2D eigenvalue weighted by Crippen LogP contribution is -2.21. The molecule has 0 atom stereocenters. The Kier molecular flexibility index (Phi) is 2.26. The van der Waals surface area contributed by atoms with Crippen LogP contribution in [0.3, 0.4) is 0 Å². The first-order chi connectivity index (χ1) is 6.87. The van der Waals surface area contributed by atoms with Gasteiger partial charge in [-0.15, -0.1) is 0 Å². The summed E-state index contributed by atoms with van der Waals surface area (Å²) in [4.78, 5) is 1.98. The first-order valence-electron chi connectivity index (χ1n) is 4.67. The van der Waals surface area contributed by atoms with Crippen LogP contribution in [0, 0.1) is 6.92 Å². The minimum Gasteiger partial charge on any atom is -0.296 e. The minimum absolute atomic E-state index is 0.548. The van der Waals surface area contributed by atoms with Gasteiger partial charge in [-0.25, -0.2) is 0 Å². The molecule has 2 heterocycles. The maximum Gasteiger partial charge on any atom is 0.408 e. The Hall–Kier alpha value is -1.04. The van der Waals surface area contributed by atoms with Crippen molar-refractivity contribution in [2.45, 2.75) is 32.7 Å². The van der Waals surface area contributed by atoms with Gasteiger partial charge >= 0.3 is 6.18 Å². The van der Waals surface area contributed by atoms with Crippen molar-refractivity contribution in [3.8, 4) is 0 Å². The predicted octanol–water partition coefficient (Wildman–Crippen LogP) is 1.70. The lowest BCUT2D eigenvalue weighted by atomic mass is 10.2. The summed E-state index contributed by atoms with van der Waals surface area (Å²) in [5.41, 5.74) is 2.35. The molecule has 1 aromatic heterocycles. The van der Waals surface area contributed by atoms with Crippen LogP contribution in [0.2, 0.25) is 0 Å². The van der Waals surface area contributed by atoms with E-state index in [1.54, 1.807) is 6.92 Å². The van der Waals surface area contributed by atoms with Gasteiger partial charge in [-0.2, -0.15) is 18.3 Å². The monoisotopic (exact) mass is 219 g/mol. The molecular formula is C9H12F3N3. The Balaban J connectivity index is 2.31. The zero-order chi connectivity index (χ0) is 11.2. The van der Waals surface area contributed by atoms with Crippen molar-refractivity contribution < 1.29 is 13.2 Å². The van der Waals surface area contributed by atoms with E-state index in [1.165, 1.54) is 0 Å². The number of nitrogens with zero attached hydrogens (tertiary/aromatic N) is 3. The number of rotatable bonds is 1. The molecule has 0 amide bonds. The van der Waals surface area contributed by atoms with Gasteiger partial charge in [-0.3, -0.25) is 9.58 Å². The van der Waals surface area contributed by atoms with E-state index in [-0.39, 0.29) is 0 Å². The fourth-order valence-corrected chi connectivity index (χ4v) is 1.93. The first-order valence-corrected chi connectivity index (χ1v) is 4.67. The van der Waals surface area contributed by atoms with Gasteiger partial charge in [-0.1, -0.05) is 0 Å². The molecular weight excluding hydrogens is 207 g/mol. The van der Waals surface area contributed by atoms with E-state index in [2.05, 4.69) is 5.10 Å². The number of hydrogen-bond acceptors (Lipinski definition) is 2. The van der Waals surface area contributed by atoms with Crippen molar-refractivity contribution in [1.82, 2.24) is 14.7 Å². The molecule has 0 bridgehead atoms. The van der Waals surface area contributed by atoms with E-state index in [0.29, 0.717) is 24.5 Å². The third kappa shape index (κ3) is 1.99. The van der Waals surface area contributed by atoms with E-state index in [4.69, 9.17) is 0 Å². The highest BCUT2D eigenvalue weighted by Crippen LogP contribution is 2.27. The topological polar surface area (TPSA) is 21.1 Å². The molecule has 2 rings (SSSR count). The molecule has 3 nitrogen and oxygen atoms in total. The molecule has 6 heteroatoms. The SMILES string of the molecule is Cc1nn(CC(F)(F)F)c2c1CN(C)C2. The van der Waals surface area contributed by atoms with Crippen LogP contribution in [0.25, 0.3) is 0 Å². The third-order valence-electron chi connectivity index (χ3n) is 2.54. The maximum absolute atomic E-state index is 12.2. The molecule has 0 unspecified atom stereocenters. The second-order valence-corrected chi connectivity index (χ2v) is 3.96. The Bertz CT molecular complexity index is 381. The van der Waals surface area contributed by atoms with Gasteiger partial charge in [0.1, 0.15) is 6.54 Å². The summed E-state index contributed by atoms with van der Waals surface area (Å²) in [6, 6.07) is 0. The zero-order valence-corrected chi connectivity index (χ0v) is 8.60. The van der Waals surface area contributed by atoms with Crippen LogP contribution in [0.4, 0.5) is 13.2 Å². The second-order valence-electron chi connectivity index (χ2n) is 3.96. The Labute approximate surface area is 85.5 Å². The van der Waals surface area contributed by atoms with Gasteiger partial charge < -0.3 is 0 Å². The van der Waals surface area contributed by atoms with Crippen molar-refractivity contribution in [3.63, 3.8) is 0 Å². The molecule has 0 saturated carbocycles. The molecule has 0 radical (unpaired) electrons. The first kappa shape index (κ1) is 10.5. The number of aromatic nitrogens is 2. The van der Waals surface area contributed by atoms with E-state index < -0.39 is 12.7 Å². The van der Waals surface area contributed by atoms with E-state index >= 15 is 0 Å². The van der Waals surface area contributed by atoms with Crippen LogP contribution in [0.1, 0.15) is 17.0 Å². The summed E-state index contributed by atoms with van der Waals surface area (Å²) >= 11 is 0.